The molecule has 12 heteroatoms. The molecule has 0 aliphatic carbocycles. The van der Waals surface area contributed by atoms with Crippen molar-refractivity contribution in [3.05, 3.63) is 0 Å². The van der Waals surface area contributed by atoms with Crippen molar-refractivity contribution in [2.45, 2.75) is 51.2 Å². The van der Waals surface area contributed by atoms with Crippen molar-refractivity contribution in [3.63, 3.8) is 0 Å². The number of nitrogens with one attached hydrogen (secondary N) is 3. The van der Waals surface area contributed by atoms with E-state index < -0.39 is 60.7 Å². The van der Waals surface area contributed by atoms with E-state index in [1.807, 2.05) is 6.26 Å². The van der Waals surface area contributed by atoms with Gasteiger partial charge >= 0.3 is 5.97 Å². The van der Waals surface area contributed by atoms with Crippen LogP contribution in [0.5, 0.6) is 0 Å². The van der Waals surface area contributed by atoms with Crippen molar-refractivity contribution in [1.29, 1.82) is 0 Å². The Hall–Kier alpha value is -2.34. The number of carbonyl (C=O) groups is 5. The van der Waals surface area contributed by atoms with E-state index in [0.717, 1.165) is 0 Å². The highest BCUT2D eigenvalue weighted by Crippen LogP contribution is 2.07. The van der Waals surface area contributed by atoms with Gasteiger partial charge in [0.25, 0.3) is 0 Å². The number of hydrogen-bond acceptors (Lipinski definition) is 7. The molecule has 0 saturated carbocycles. The minimum Gasteiger partial charge on any atom is -0.480 e. The van der Waals surface area contributed by atoms with Crippen LogP contribution in [-0.2, 0) is 24.0 Å². The molecule has 29 heavy (non-hydrogen) atoms. The first-order chi connectivity index (χ1) is 13.5. The van der Waals surface area contributed by atoms with E-state index in [2.05, 4.69) is 16.0 Å². The third-order valence-electron chi connectivity index (χ3n) is 4.23. The highest BCUT2D eigenvalue weighted by Gasteiger charge is 2.27. The van der Waals surface area contributed by atoms with Crippen molar-refractivity contribution >= 4 is 41.4 Å². The number of thioether (sulfide) groups is 1. The van der Waals surface area contributed by atoms with Crippen LogP contribution in [0.2, 0.25) is 0 Å². The average molecular weight is 434 g/mol. The molecule has 0 rings (SSSR count). The van der Waals surface area contributed by atoms with E-state index in [4.69, 9.17) is 11.5 Å². The molecule has 4 unspecified atom stereocenters. The van der Waals surface area contributed by atoms with E-state index in [0.29, 0.717) is 18.6 Å². The van der Waals surface area contributed by atoms with Gasteiger partial charge in [0.1, 0.15) is 12.1 Å². The van der Waals surface area contributed by atoms with Crippen LogP contribution < -0.4 is 27.4 Å². The molecule has 0 saturated heterocycles. The molecule has 0 heterocycles. The average Bonchev–Trinajstić information content (AvgIpc) is 2.66. The van der Waals surface area contributed by atoms with Crippen molar-refractivity contribution in [3.8, 4) is 0 Å². The molecule has 0 aliphatic heterocycles. The second-order valence-corrected chi connectivity index (χ2v) is 7.59. The lowest BCUT2D eigenvalue weighted by Gasteiger charge is -2.21. The first kappa shape index (κ1) is 26.7. The molecule has 4 amide bonds. The number of aliphatic carboxylic acids is 1. The summed E-state index contributed by atoms with van der Waals surface area (Å²) in [5.41, 5.74) is 10.9. The van der Waals surface area contributed by atoms with Crippen LogP contribution in [0.15, 0.2) is 0 Å². The molecule has 0 aromatic rings. The maximum atomic E-state index is 12.3. The molecule has 4 atom stereocenters. The standard InChI is InChI=1S/C17H31N5O6S/c1-4-9(2)14(17(27)28)22-13(24)8-20-16(26)11(7-12(19)23)21-15(25)10(18)5-6-29-3/h9-11,14H,4-8,18H2,1-3H3,(H2,19,23)(H,20,26)(H,21,25)(H,22,24)(H,27,28). The van der Waals surface area contributed by atoms with E-state index in [1.54, 1.807) is 13.8 Å². The van der Waals surface area contributed by atoms with Crippen LogP contribution in [0.25, 0.3) is 0 Å². The van der Waals surface area contributed by atoms with Gasteiger partial charge in [0.15, 0.2) is 0 Å². The lowest BCUT2D eigenvalue weighted by molar-refractivity contribution is -0.143. The molecule has 8 N–H and O–H groups in total. The number of amides is 4. The molecule has 0 fully saturated rings. The molecule has 11 nitrogen and oxygen atoms in total. The molecule has 0 radical (unpaired) electrons. The summed E-state index contributed by atoms with van der Waals surface area (Å²) in [6.07, 6.45) is 2.30. The van der Waals surface area contributed by atoms with E-state index >= 15 is 0 Å². The largest absolute Gasteiger partial charge is 0.480 e. The molecule has 0 aromatic carbocycles. The van der Waals surface area contributed by atoms with Gasteiger partial charge in [-0.05, 0) is 24.3 Å². The fraction of sp³-hybridized carbons (Fsp3) is 0.706. The SMILES string of the molecule is CCC(C)C(NC(=O)CNC(=O)C(CC(N)=O)NC(=O)C(N)CCSC)C(=O)O. The summed E-state index contributed by atoms with van der Waals surface area (Å²) >= 11 is 1.51. The lowest BCUT2D eigenvalue weighted by atomic mass is 9.99. The third-order valence-corrected chi connectivity index (χ3v) is 4.87. The van der Waals surface area contributed by atoms with Crippen molar-refractivity contribution in [2.75, 3.05) is 18.6 Å². The van der Waals surface area contributed by atoms with Crippen LogP contribution in [0.4, 0.5) is 0 Å². The summed E-state index contributed by atoms with van der Waals surface area (Å²) in [7, 11) is 0. The predicted molar refractivity (Wildman–Crippen MR) is 109 cm³/mol. The lowest BCUT2D eigenvalue weighted by Crippen LogP contribution is -2.54. The third kappa shape index (κ3) is 10.7. The molecule has 166 valence electrons. The van der Waals surface area contributed by atoms with Gasteiger partial charge in [-0.2, -0.15) is 11.8 Å². The van der Waals surface area contributed by atoms with E-state index in [-0.39, 0.29) is 5.92 Å². The molecule has 0 aromatic heterocycles. The predicted octanol–water partition coefficient (Wildman–Crippen LogP) is -1.84. The zero-order chi connectivity index (χ0) is 22.6. The smallest absolute Gasteiger partial charge is 0.326 e. The van der Waals surface area contributed by atoms with Gasteiger partial charge in [0, 0.05) is 0 Å². The van der Waals surface area contributed by atoms with E-state index in [1.165, 1.54) is 11.8 Å². The summed E-state index contributed by atoms with van der Waals surface area (Å²) < 4.78 is 0. The van der Waals surface area contributed by atoms with Gasteiger partial charge in [-0.15, -0.1) is 0 Å². The van der Waals surface area contributed by atoms with Crippen LogP contribution in [0, 0.1) is 5.92 Å². The maximum absolute atomic E-state index is 12.3. The second kappa shape index (κ2) is 13.8. The Labute approximate surface area is 174 Å². The van der Waals surface area contributed by atoms with Gasteiger partial charge in [-0.1, -0.05) is 20.3 Å². The number of carboxylic acids is 1. The van der Waals surface area contributed by atoms with Gasteiger partial charge in [-0.25, -0.2) is 4.79 Å². The van der Waals surface area contributed by atoms with Crippen molar-refractivity contribution < 1.29 is 29.1 Å². The number of rotatable bonds is 14. The summed E-state index contributed by atoms with van der Waals surface area (Å²) in [6, 6.07) is -3.25. The fourth-order valence-electron chi connectivity index (χ4n) is 2.26. The Morgan fingerprint density at radius 2 is 1.72 bits per heavy atom. The maximum Gasteiger partial charge on any atom is 0.326 e. The Morgan fingerprint density at radius 3 is 2.21 bits per heavy atom. The number of hydrogen-bond donors (Lipinski definition) is 6. The topological polar surface area (TPSA) is 194 Å². The van der Waals surface area contributed by atoms with Crippen molar-refractivity contribution in [2.24, 2.45) is 17.4 Å². The fourth-order valence-corrected chi connectivity index (χ4v) is 2.75. The minimum absolute atomic E-state index is 0.308. The Morgan fingerprint density at radius 1 is 1.10 bits per heavy atom. The van der Waals surface area contributed by atoms with Gasteiger partial charge in [0.05, 0.1) is 19.0 Å². The second-order valence-electron chi connectivity index (χ2n) is 6.61. The van der Waals surface area contributed by atoms with Crippen LogP contribution in [-0.4, -0.2) is 71.4 Å². The molecular formula is C17H31N5O6S. The summed E-state index contributed by atoms with van der Waals surface area (Å²) in [4.78, 5) is 58.8. The molecular weight excluding hydrogens is 402 g/mol. The quantitative estimate of drug-likeness (QED) is 0.184. The first-order valence-corrected chi connectivity index (χ1v) is 10.6. The number of carbonyl (C=O) groups excluding carboxylic acids is 4. The summed E-state index contributed by atoms with van der Waals surface area (Å²) in [5.74, 6) is -3.81. The zero-order valence-corrected chi connectivity index (χ0v) is 17.7. The van der Waals surface area contributed by atoms with E-state index in [9.17, 15) is 29.1 Å². The Kier molecular flexibility index (Phi) is 12.7. The normalized spacial score (nSPS) is 14.8. The number of primary amides is 1. The number of carboxylic acid groups (broad SMARTS) is 1. The van der Waals surface area contributed by atoms with Gasteiger partial charge in [0.2, 0.25) is 23.6 Å². The highest BCUT2D eigenvalue weighted by molar-refractivity contribution is 7.98. The minimum atomic E-state index is -1.29. The summed E-state index contributed by atoms with van der Waals surface area (Å²) in [5, 5.41) is 16.1. The zero-order valence-electron chi connectivity index (χ0n) is 16.9. The summed E-state index contributed by atoms with van der Waals surface area (Å²) in [6.45, 7) is 2.94. The highest BCUT2D eigenvalue weighted by atomic mass is 32.2. The molecule has 0 bridgehead atoms. The Balaban J connectivity index is 4.85. The van der Waals surface area contributed by atoms with Crippen LogP contribution in [0.3, 0.4) is 0 Å². The van der Waals surface area contributed by atoms with Crippen LogP contribution >= 0.6 is 11.8 Å². The monoisotopic (exact) mass is 433 g/mol. The molecule has 0 aliphatic rings. The van der Waals surface area contributed by atoms with Crippen molar-refractivity contribution in [1.82, 2.24) is 16.0 Å². The van der Waals surface area contributed by atoms with Gasteiger partial charge < -0.3 is 32.5 Å². The molecule has 0 spiro atoms. The van der Waals surface area contributed by atoms with Crippen LogP contribution in [0.1, 0.15) is 33.1 Å². The number of nitrogens with two attached hydrogens (primary N) is 2. The van der Waals surface area contributed by atoms with Gasteiger partial charge in [-0.3, -0.25) is 19.2 Å². The Bertz CT molecular complexity index is 603. The first-order valence-electron chi connectivity index (χ1n) is 9.16.